The van der Waals surface area contributed by atoms with Crippen LogP contribution in [0.3, 0.4) is 0 Å². The lowest BCUT2D eigenvalue weighted by atomic mass is 10.1. The summed E-state index contributed by atoms with van der Waals surface area (Å²) in [6.45, 7) is 0.792. The molecule has 32 heavy (non-hydrogen) atoms. The van der Waals surface area contributed by atoms with E-state index in [4.69, 9.17) is 10.2 Å². The topological polar surface area (TPSA) is 110 Å². The standard InChI is InChI=1S/C22H24BrN7O2/c23-17-6-8-19(9-7-17)30-12-10-16-13-24-22(27-21(16)30)26-18-14-25-29(15-18)11-4-2-1-3-5-20(31)28-32/h6-10,12-15,32H,1-5,11H2,(H,28,31)(H,24,26,27). The van der Waals surface area contributed by atoms with Crippen molar-refractivity contribution in [3.63, 3.8) is 0 Å². The molecule has 1 aromatic carbocycles. The number of hydrogen-bond donors (Lipinski definition) is 3. The Labute approximate surface area is 193 Å². The molecule has 4 aromatic rings. The Kier molecular flexibility index (Phi) is 7.13. The van der Waals surface area contributed by atoms with Crippen LogP contribution in [0.25, 0.3) is 16.7 Å². The first kappa shape index (κ1) is 22.0. The average Bonchev–Trinajstić information content (AvgIpc) is 3.43. The maximum Gasteiger partial charge on any atom is 0.243 e. The first-order valence-corrected chi connectivity index (χ1v) is 11.2. The summed E-state index contributed by atoms with van der Waals surface area (Å²) >= 11 is 3.47. The lowest BCUT2D eigenvalue weighted by molar-refractivity contribution is -0.129. The summed E-state index contributed by atoms with van der Waals surface area (Å²) in [6, 6.07) is 10.1. The number of rotatable bonds is 10. The van der Waals surface area contributed by atoms with E-state index in [0.717, 1.165) is 59.1 Å². The SMILES string of the molecule is O=C(CCCCCCn1cc(Nc2ncc3ccn(-c4ccc(Br)cc4)c3n2)cn1)NO. The Morgan fingerprint density at radius 2 is 1.88 bits per heavy atom. The second-order valence-corrected chi connectivity index (χ2v) is 8.37. The molecule has 0 saturated heterocycles. The van der Waals surface area contributed by atoms with E-state index in [2.05, 4.69) is 31.3 Å². The number of hydroxylamine groups is 1. The maximum absolute atomic E-state index is 11.0. The van der Waals surface area contributed by atoms with Crippen molar-refractivity contribution in [1.29, 1.82) is 0 Å². The third-order valence-corrected chi connectivity index (χ3v) is 5.62. The van der Waals surface area contributed by atoms with E-state index >= 15 is 0 Å². The van der Waals surface area contributed by atoms with E-state index in [1.165, 1.54) is 0 Å². The molecule has 0 spiro atoms. The molecule has 0 bridgehead atoms. The molecule has 0 aliphatic rings. The predicted molar refractivity (Wildman–Crippen MR) is 125 cm³/mol. The second kappa shape index (κ2) is 10.4. The number of unbranched alkanes of at least 4 members (excludes halogenated alkanes) is 3. The Morgan fingerprint density at radius 1 is 1.06 bits per heavy atom. The number of hydrogen-bond acceptors (Lipinski definition) is 6. The van der Waals surface area contributed by atoms with E-state index in [1.54, 1.807) is 11.7 Å². The van der Waals surface area contributed by atoms with Gasteiger partial charge >= 0.3 is 0 Å². The molecule has 3 aromatic heterocycles. The van der Waals surface area contributed by atoms with E-state index in [-0.39, 0.29) is 5.91 Å². The van der Waals surface area contributed by atoms with Gasteiger partial charge in [-0.3, -0.25) is 14.7 Å². The van der Waals surface area contributed by atoms with Crippen LogP contribution in [0.4, 0.5) is 11.6 Å². The molecule has 10 heteroatoms. The van der Waals surface area contributed by atoms with Crippen molar-refractivity contribution in [2.75, 3.05) is 5.32 Å². The van der Waals surface area contributed by atoms with Crippen LogP contribution < -0.4 is 10.8 Å². The molecule has 0 radical (unpaired) electrons. The van der Waals surface area contributed by atoms with E-state index in [0.29, 0.717) is 12.4 Å². The maximum atomic E-state index is 11.0. The van der Waals surface area contributed by atoms with Gasteiger partial charge in [0.15, 0.2) is 0 Å². The van der Waals surface area contributed by atoms with Gasteiger partial charge in [-0.1, -0.05) is 28.8 Å². The Bertz CT molecular complexity index is 1190. The van der Waals surface area contributed by atoms with Gasteiger partial charge in [-0.05, 0) is 43.2 Å². The van der Waals surface area contributed by atoms with Gasteiger partial charge in [0.2, 0.25) is 11.9 Å². The van der Waals surface area contributed by atoms with Crippen molar-refractivity contribution in [2.24, 2.45) is 0 Å². The number of carbonyl (C=O) groups is 1. The highest BCUT2D eigenvalue weighted by atomic mass is 79.9. The second-order valence-electron chi connectivity index (χ2n) is 7.45. The highest BCUT2D eigenvalue weighted by molar-refractivity contribution is 9.10. The summed E-state index contributed by atoms with van der Waals surface area (Å²) in [5, 5.41) is 17.1. The molecule has 4 rings (SSSR count). The van der Waals surface area contributed by atoms with Gasteiger partial charge in [0.05, 0.1) is 11.9 Å². The van der Waals surface area contributed by atoms with Crippen molar-refractivity contribution in [2.45, 2.75) is 38.6 Å². The molecule has 0 aliphatic heterocycles. The van der Waals surface area contributed by atoms with Crippen LogP contribution in [-0.4, -0.2) is 35.4 Å². The van der Waals surface area contributed by atoms with Crippen LogP contribution in [0.2, 0.25) is 0 Å². The molecule has 0 saturated carbocycles. The predicted octanol–water partition coefficient (Wildman–Crippen LogP) is 4.58. The Morgan fingerprint density at radius 3 is 2.69 bits per heavy atom. The summed E-state index contributed by atoms with van der Waals surface area (Å²) in [6.07, 6.45) is 11.5. The van der Waals surface area contributed by atoms with Gasteiger partial charge in [-0.2, -0.15) is 10.1 Å². The van der Waals surface area contributed by atoms with Gasteiger partial charge in [-0.15, -0.1) is 0 Å². The smallest absolute Gasteiger partial charge is 0.243 e. The number of carbonyl (C=O) groups excluding carboxylic acids is 1. The van der Waals surface area contributed by atoms with E-state index < -0.39 is 0 Å². The van der Waals surface area contributed by atoms with E-state index in [1.807, 2.05) is 58.2 Å². The number of amides is 1. The zero-order valence-electron chi connectivity index (χ0n) is 17.4. The molecule has 1 amide bonds. The summed E-state index contributed by atoms with van der Waals surface area (Å²) in [5.41, 5.74) is 4.33. The minimum absolute atomic E-state index is 0.336. The third-order valence-electron chi connectivity index (χ3n) is 5.09. The van der Waals surface area contributed by atoms with Gasteiger partial charge in [0.1, 0.15) is 5.65 Å². The zero-order valence-corrected chi connectivity index (χ0v) is 19.0. The molecule has 0 atom stereocenters. The lowest BCUT2D eigenvalue weighted by Crippen LogP contribution is -2.17. The molecule has 3 heterocycles. The van der Waals surface area contributed by atoms with Gasteiger partial charge in [0.25, 0.3) is 0 Å². The number of nitrogens with one attached hydrogen (secondary N) is 2. The van der Waals surface area contributed by atoms with Crippen molar-refractivity contribution in [1.82, 2.24) is 29.8 Å². The number of aryl methyl sites for hydroxylation is 1. The number of halogens is 1. The zero-order chi connectivity index (χ0) is 22.3. The number of aromatic nitrogens is 5. The molecule has 0 fully saturated rings. The summed E-state index contributed by atoms with van der Waals surface area (Å²) < 4.78 is 4.94. The van der Waals surface area contributed by atoms with Crippen LogP contribution in [0.15, 0.2) is 59.6 Å². The fourth-order valence-electron chi connectivity index (χ4n) is 3.44. The highest BCUT2D eigenvalue weighted by Gasteiger charge is 2.08. The highest BCUT2D eigenvalue weighted by Crippen LogP contribution is 2.22. The first-order chi connectivity index (χ1) is 15.6. The number of anilines is 2. The van der Waals surface area contributed by atoms with Crippen molar-refractivity contribution >= 4 is 44.5 Å². The fraction of sp³-hybridized carbons (Fsp3) is 0.273. The molecule has 3 N–H and O–H groups in total. The van der Waals surface area contributed by atoms with Gasteiger partial charge in [-0.25, -0.2) is 10.5 Å². The number of fused-ring (bicyclic) bond motifs is 1. The summed E-state index contributed by atoms with van der Waals surface area (Å²) in [5.74, 6) is 0.175. The molecular formula is C22H24BrN7O2. The van der Waals surface area contributed by atoms with Crippen molar-refractivity contribution in [3.05, 3.63) is 59.6 Å². The largest absolute Gasteiger partial charge is 0.321 e. The molecule has 166 valence electrons. The molecule has 0 aliphatic carbocycles. The van der Waals surface area contributed by atoms with Crippen LogP contribution in [0, 0.1) is 0 Å². The van der Waals surface area contributed by atoms with Crippen molar-refractivity contribution in [3.8, 4) is 5.69 Å². The normalized spacial score (nSPS) is 11.1. The van der Waals surface area contributed by atoms with E-state index in [9.17, 15) is 4.79 Å². The van der Waals surface area contributed by atoms with Crippen LogP contribution >= 0.6 is 15.9 Å². The van der Waals surface area contributed by atoms with Crippen LogP contribution in [-0.2, 0) is 11.3 Å². The number of benzene rings is 1. The molecular weight excluding hydrogens is 474 g/mol. The summed E-state index contributed by atoms with van der Waals surface area (Å²) in [7, 11) is 0. The first-order valence-electron chi connectivity index (χ1n) is 10.4. The summed E-state index contributed by atoms with van der Waals surface area (Å²) in [4.78, 5) is 20.1. The molecule has 9 nitrogen and oxygen atoms in total. The molecule has 0 unspecified atom stereocenters. The lowest BCUT2D eigenvalue weighted by Gasteiger charge is -2.06. The quantitative estimate of drug-likeness (QED) is 0.168. The minimum Gasteiger partial charge on any atom is -0.321 e. The minimum atomic E-state index is -0.336. The van der Waals surface area contributed by atoms with Crippen molar-refractivity contribution < 1.29 is 10.0 Å². The number of nitrogens with zero attached hydrogens (tertiary/aromatic N) is 5. The van der Waals surface area contributed by atoms with Crippen LogP contribution in [0.1, 0.15) is 32.1 Å². The third kappa shape index (κ3) is 5.51. The Hall–Kier alpha value is -3.24. The van der Waals surface area contributed by atoms with Crippen LogP contribution in [0.5, 0.6) is 0 Å². The average molecular weight is 498 g/mol. The Balaban J connectivity index is 1.35. The van der Waals surface area contributed by atoms with Gasteiger partial charge < -0.3 is 9.88 Å². The monoisotopic (exact) mass is 497 g/mol. The fourth-order valence-corrected chi connectivity index (χ4v) is 3.70. The van der Waals surface area contributed by atoms with Gasteiger partial charge in [0, 0.05) is 47.1 Å².